The fourth-order valence-corrected chi connectivity index (χ4v) is 1.92. The Morgan fingerprint density at radius 2 is 2.31 bits per heavy atom. The number of carbonyl (C=O) groups is 1. The van der Waals surface area contributed by atoms with E-state index >= 15 is 0 Å². The van der Waals surface area contributed by atoms with E-state index in [-0.39, 0.29) is 13.3 Å². The Labute approximate surface area is 96.7 Å². The van der Waals surface area contributed by atoms with Crippen molar-refractivity contribution in [2.75, 3.05) is 13.3 Å². The normalized spacial score (nSPS) is 14.9. The smallest absolute Gasteiger partial charge is 0.312 e. The molecule has 0 saturated heterocycles. The van der Waals surface area contributed by atoms with E-state index in [2.05, 4.69) is 0 Å². The molecule has 0 aliphatic carbocycles. The number of aliphatic carboxylic acids is 1. The molecule has 0 amide bonds. The van der Waals surface area contributed by atoms with Crippen LogP contribution in [-0.4, -0.2) is 24.4 Å². The minimum atomic E-state index is -1.03. The molecular weight excluding hydrogens is 234 g/mol. The molecule has 0 saturated carbocycles. The number of benzene rings is 1. The Morgan fingerprint density at radius 1 is 1.56 bits per heavy atom. The van der Waals surface area contributed by atoms with Crippen LogP contribution in [0.15, 0.2) is 12.1 Å². The molecule has 2 rings (SSSR count). The summed E-state index contributed by atoms with van der Waals surface area (Å²) in [5.74, 6) is -1.04. The van der Waals surface area contributed by atoms with Gasteiger partial charge in [-0.05, 0) is 12.1 Å². The van der Waals surface area contributed by atoms with Crippen molar-refractivity contribution in [3.63, 3.8) is 0 Å². The highest BCUT2D eigenvalue weighted by Crippen LogP contribution is 2.43. The van der Waals surface area contributed by atoms with Crippen LogP contribution in [-0.2, 0) is 4.79 Å². The lowest BCUT2D eigenvalue weighted by atomic mass is 9.98. The van der Waals surface area contributed by atoms with Gasteiger partial charge in [0.1, 0.15) is 0 Å². The molecule has 1 aliphatic heterocycles. The third kappa shape index (κ3) is 1.68. The zero-order valence-corrected chi connectivity index (χ0v) is 9.03. The van der Waals surface area contributed by atoms with Crippen LogP contribution in [0.4, 0.5) is 0 Å². The molecule has 0 fully saturated rings. The average molecular weight is 244 g/mol. The zero-order valence-electron chi connectivity index (χ0n) is 8.27. The maximum atomic E-state index is 11.0. The number of carboxylic acid groups (broad SMARTS) is 1. The number of hydrogen-bond donors (Lipinski definition) is 2. The fraction of sp³-hybridized carbons (Fsp3) is 0.300. The van der Waals surface area contributed by atoms with Crippen molar-refractivity contribution in [1.82, 2.24) is 0 Å². The Bertz CT molecular complexity index is 435. The maximum absolute atomic E-state index is 11.0. The lowest BCUT2D eigenvalue weighted by Crippen LogP contribution is -2.21. The van der Waals surface area contributed by atoms with Gasteiger partial charge in [0.15, 0.2) is 11.5 Å². The minimum Gasteiger partial charge on any atom is -0.481 e. The Morgan fingerprint density at radius 3 is 2.94 bits per heavy atom. The molecule has 3 N–H and O–H groups in total. The van der Waals surface area contributed by atoms with Crippen molar-refractivity contribution < 1.29 is 19.4 Å². The van der Waals surface area contributed by atoms with Crippen molar-refractivity contribution in [2.45, 2.75) is 5.92 Å². The molecule has 5 nitrogen and oxygen atoms in total. The summed E-state index contributed by atoms with van der Waals surface area (Å²) in [4.78, 5) is 11.0. The SMILES string of the molecule is NCC(C(=O)O)c1c(Cl)ccc2c1OCO2. The van der Waals surface area contributed by atoms with Gasteiger partial charge in [0.2, 0.25) is 6.79 Å². The van der Waals surface area contributed by atoms with Crippen molar-refractivity contribution in [3.8, 4) is 11.5 Å². The fourth-order valence-electron chi connectivity index (χ4n) is 1.64. The lowest BCUT2D eigenvalue weighted by molar-refractivity contribution is -0.138. The number of halogens is 1. The van der Waals surface area contributed by atoms with Crippen LogP contribution >= 0.6 is 11.6 Å². The second-order valence-corrected chi connectivity index (χ2v) is 3.73. The number of carboxylic acids is 1. The Hall–Kier alpha value is -1.46. The lowest BCUT2D eigenvalue weighted by Gasteiger charge is -2.14. The second kappa shape index (κ2) is 4.19. The first-order valence-corrected chi connectivity index (χ1v) is 5.03. The van der Waals surface area contributed by atoms with Gasteiger partial charge in [0.25, 0.3) is 0 Å². The van der Waals surface area contributed by atoms with Crippen LogP contribution < -0.4 is 15.2 Å². The van der Waals surface area contributed by atoms with E-state index < -0.39 is 11.9 Å². The molecular formula is C10H10ClNO4. The summed E-state index contributed by atoms with van der Waals surface area (Å²) in [6, 6.07) is 3.22. The molecule has 0 aromatic heterocycles. The van der Waals surface area contributed by atoms with Gasteiger partial charge in [0, 0.05) is 17.1 Å². The Kier molecular flexibility index (Phi) is 2.89. The molecule has 1 unspecified atom stereocenters. The standard InChI is InChI=1S/C10H10ClNO4/c11-6-1-2-7-9(16-4-15-7)8(6)5(3-12)10(13)14/h1-2,5H,3-4,12H2,(H,13,14). The second-order valence-electron chi connectivity index (χ2n) is 3.32. The topological polar surface area (TPSA) is 81.8 Å². The van der Waals surface area contributed by atoms with Crippen LogP contribution in [0.2, 0.25) is 5.02 Å². The molecule has 86 valence electrons. The van der Waals surface area contributed by atoms with Crippen molar-refractivity contribution in [1.29, 1.82) is 0 Å². The molecule has 0 bridgehead atoms. The largest absolute Gasteiger partial charge is 0.481 e. The highest BCUT2D eigenvalue weighted by Gasteiger charge is 2.29. The maximum Gasteiger partial charge on any atom is 0.312 e. The third-order valence-corrected chi connectivity index (χ3v) is 2.74. The zero-order chi connectivity index (χ0) is 11.7. The van der Waals surface area contributed by atoms with Crippen molar-refractivity contribution in [3.05, 3.63) is 22.7 Å². The highest BCUT2D eigenvalue weighted by atomic mass is 35.5. The molecule has 1 aliphatic rings. The van der Waals surface area contributed by atoms with Crippen LogP contribution in [0, 0.1) is 0 Å². The summed E-state index contributed by atoms with van der Waals surface area (Å²) in [5, 5.41) is 9.37. The highest BCUT2D eigenvalue weighted by molar-refractivity contribution is 6.32. The molecule has 1 aromatic rings. The number of fused-ring (bicyclic) bond motifs is 1. The van der Waals surface area contributed by atoms with E-state index in [1.807, 2.05) is 0 Å². The van der Waals surface area contributed by atoms with Crippen molar-refractivity contribution in [2.24, 2.45) is 5.73 Å². The first-order chi connectivity index (χ1) is 7.65. The van der Waals surface area contributed by atoms with Gasteiger partial charge in [-0.1, -0.05) is 11.6 Å². The number of ether oxygens (including phenoxy) is 2. The molecule has 1 aromatic carbocycles. The van der Waals surface area contributed by atoms with Gasteiger partial charge >= 0.3 is 5.97 Å². The van der Waals surface area contributed by atoms with Gasteiger partial charge < -0.3 is 20.3 Å². The molecule has 0 spiro atoms. The average Bonchev–Trinajstić information content (AvgIpc) is 2.69. The first-order valence-electron chi connectivity index (χ1n) is 4.66. The monoisotopic (exact) mass is 243 g/mol. The van der Waals surface area contributed by atoms with Crippen molar-refractivity contribution >= 4 is 17.6 Å². The molecule has 1 heterocycles. The van der Waals surface area contributed by atoms with Gasteiger partial charge in [-0.25, -0.2) is 0 Å². The molecule has 16 heavy (non-hydrogen) atoms. The third-order valence-electron chi connectivity index (χ3n) is 2.41. The quantitative estimate of drug-likeness (QED) is 0.834. The Balaban J connectivity index is 2.54. The summed E-state index contributed by atoms with van der Waals surface area (Å²) in [5.41, 5.74) is 5.81. The summed E-state index contributed by atoms with van der Waals surface area (Å²) in [6.07, 6.45) is 0. The van der Waals surface area contributed by atoms with Gasteiger partial charge in [-0.3, -0.25) is 4.79 Å². The summed E-state index contributed by atoms with van der Waals surface area (Å²) in [6.45, 7) is 0.0223. The number of hydrogen-bond acceptors (Lipinski definition) is 4. The van der Waals surface area contributed by atoms with Gasteiger partial charge in [0.05, 0.1) is 5.92 Å². The predicted octanol–water partition coefficient (Wildman–Crippen LogP) is 1.20. The van der Waals surface area contributed by atoms with E-state index in [0.29, 0.717) is 22.1 Å². The van der Waals surface area contributed by atoms with Crippen LogP contribution in [0.1, 0.15) is 11.5 Å². The van der Waals surface area contributed by atoms with Gasteiger partial charge in [-0.2, -0.15) is 0 Å². The van der Waals surface area contributed by atoms with E-state index in [1.165, 1.54) is 0 Å². The van der Waals surface area contributed by atoms with Crippen LogP contribution in [0.3, 0.4) is 0 Å². The summed E-state index contributed by atoms with van der Waals surface area (Å²) >= 11 is 5.97. The van der Waals surface area contributed by atoms with Crippen LogP contribution in [0.25, 0.3) is 0 Å². The minimum absolute atomic E-state index is 0.0468. The molecule has 6 heteroatoms. The first kappa shape index (κ1) is 11.0. The van der Waals surface area contributed by atoms with E-state index in [9.17, 15) is 4.79 Å². The summed E-state index contributed by atoms with van der Waals surface area (Å²) in [7, 11) is 0. The van der Waals surface area contributed by atoms with E-state index in [1.54, 1.807) is 12.1 Å². The van der Waals surface area contributed by atoms with E-state index in [0.717, 1.165) is 0 Å². The van der Waals surface area contributed by atoms with E-state index in [4.69, 9.17) is 31.9 Å². The van der Waals surface area contributed by atoms with Crippen LogP contribution in [0.5, 0.6) is 11.5 Å². The predicted molar refractivity (Wildman–Crippen MR) is 57.0 cm³/mol. The molecule has 1 atom stereocenters. The number of nitrogens with two attached hydrogens (primary N) is 1. The summed E-state index contributed by atoms with van der Waals surface area (Å²) < 4.78 is 10.4. The number of rotatable bonds is 3. The van der Waals surface area contributed by atoms with Gasteiger partial charge in [-0.15, -0.1) is 0 Å². The molecule has 0 radical (unpaired) electrons.